The molecular formula is C18H22ClNS. The minimum Gasteiger partial charge on any atom is -0.300 e. The van der Waals surface area contributed by atoms with Crippen LogP contribution in [0.2, 0.25) is 0 Å². The van der Waals surface area contributed by atoms with Crippen LogP contribution in [0.3, 0.4) is 0 Å². The first-order chi connectivity index (χ1) is 9.72. The lowest BCUT2D eigenvalue weighted by atomic mass is 9.93. The number of nitrogens with one attached hydrogen (secondary N) is 1. The van der Waals surface area contributed by atoms with Crippen molar-refractivity contribution in [1.29, 1.82) is 0 Å². The van der Waals surface area contributed by atoms with E-state index in [-0.39, 0.29) is 24.0 Å². The molecule has 0 fully saturated rings. The summed E-state index contributed by atoms with van der Waals surface area (Å²) in [7, 11) is 0. The molecule has 0 bridgehead atoms. The van der Waals surface area contributed by atoms with Gasteiger partial charge in [0.2, 0.25) is 0 Å². The lowest BCUT2D eigenvalue weighted by molar-refractivity contribution is 0.357. The molecule has 1 aliphatic heterocycles. The summed E-state index contributed by atoms with van der Waals surface area (Å²) in [4.78, 5) is 1.41. The van der Waals surface area contributed by atoms with Crippen molar-refractivity contribution in [2.45, 2.75) is 36.7 Å². The molecule has 0 radical (unpaired) electrons. The van der Waals surface area contributed by atoms with E-state index >= 15 is 0 Å². The van der Waals surface area contributed by atoms with Crippen molar-refractivity contribution in [2.24, 2.45) is 0 Å². The van der Waals surface area contributed by atoms with Crippen LogP contribution in [0.25, 0.3) is 0 Å². The zero-order valence-corrected chi connectivity index (χ0v) is 14.1. The van der Waals surface area contributed by atoms with Crippen molar-refractivity contribution in [3.05, 3.63) is 65.7 Å². The molecule has 0 aliphatic carbocycles. The quantitative estimate of drug-likeness (QED) is 0.830. The first kappa shape index (κ1) is 16.4. The minimum absolute atomic E-state index is 0. The monoisotopic (exact) mass is 319 g/mol. The molecule has 21 heavy (non-hydrogen) atoms. The molecule has 0 aromatic heterocycles. The van der Waals surface area contributed by atoms with Gasteiger partial charge in [-0.05, 0) is 30.5 Å². The highest BCUT2D eigenvalue weighted by Gasteiger charge is 2.31. The van der Waals surface area contributed by atoms with Crippen LogP contribution in [0, 0.1) is 0 Å². The maximum Gasteiger partial charge on any atom is 0.0592 e. The zero-order chi connectivity index (χ0) is 14.0. The lowest BCUT2D eigenvalue weighted by Crippen LogP contribution is -2.45. The van der Waals surface area contributed by atoms with Crippen molar-refractivity contribution in [3.8, 4) is 0 Å². The molecule has 2 unspecified atom stereocenters. The Morgan fingerprint density at radius 3 is 2.48 bits per heavy atom. The molecule has 1 N–H and O–H groups in total. The number of hydrogen-bond donors (Lipinski definition) is 1. The largest absolute Gasteiger partial charge is 0.300 e. The number of thioether (sulfide) groups is 1. The van der Waals surface area contributed by atoms with Crippen LogP contribution in [0.1, 0.15) is 37.4 Å². The Labute approximate surface area is 137 Å². The highest BCUT2D eigenvalue weighted by Crippen LogP contribution is 2.38. The van der Waals surface area contributed by atoms with E-state index in [2.05, 4.69) is 73.8 Å². The molecule has 1 nitrogen and oxygen atoms in total. The van der Waals surface area contributed by atoms with E-state index in [1.54, 1.807) is 0 Å². The van der Waals surface area contributed by atoms with Gasteiger partial charge in [-0.1, -0.05) is 55.5 Å². The zero-order valence-electron chi connectivity index (χ0n) is 12.5. The second kappa shape index (κ2) is 6.87. The average molecular weight is 320 g/mol. The second-order valence-corrected chi connectivity index (χ2v) is 6.75. The molecule has 3 rings (SSSR count). The summed E-state index contributed by atoms with van der Waals surface area (Å²) in [5.74, 6) is 1.11. The average Bonchev–Trinajstić information content (AvgIpc) is 2.66. The fourth-order valence-electron chi connectivity index (χ4n) is 2.67. The van der Waals surface area contributed by atoms with Crippen LogP contribution in [-0.2, 0) is 0 Å². The van der Waals surface area contributed by atoms with Gasteiger partial charge in [0.25, 0.3) is 0 Å². The standard InChI is InChI=1S/C18H21NS.ClH/c1-3-18(2)13-20-16-12-8-7-11-15(16)17(19-18)14-9-5-4-6-10-14;/h4-12,17,19H,3,13H2,1-2H3;1H. The van der Waals surface area contributed by atoms with Crippen molar-refractivity contribution in [2.75, 3.05) is 5.75 Å². The Balaban J connectivity index is 0.00000161. The van der Waals surface area contributed by atoms with Gasteiger partial charge in [0, 0.05) is 16.2 Å². The van der Waals surface area contributed by atoms with Gasteiger partial charge < -0.3 is 5.32 Å². The number of rotatable bonds is 2. The molecule has 2 aromatic carbocycles. The Morgan fingerprint density at radius 2 is 1.76 bits per heavy atom. The van der Waals surface area contributed by atoms with Crippen LogP contribution < -0.4 is 5.32 Å². The van der Waals surface area contributed by atoms with Gasteiger partial charge >= 0.3 is 0 Å². The maximum atomic E-state index is 3.89. The third kappa shape index (κ3) is 3.45. The van der Waals surface area contributed by atoms with Crippen LogP contribution in [-0.4, -0.2) is 11.3 Å². The van der Waals surface area contributed by atoms with Crippen LogP contribution >= 0.6 is 24.2 Å². The third-order valence-electron chi connectivity index (χ3n) is 4.18. The molecule has 1 aliphatic rings. The van der Waals surface area contributed by atoms with Gasteiger partial charge in [0.1, 0.15) is 0 Å². The van der Waals surface area contributed by atoms with Crippen molar-refractivity contribution < 1.29 is 0 Å². The van der Waals surface area contributed by atoms with Gasteiger partial charge in [-0.3, -0.25) is 0 Å². The van der Waals surface area contributed by atoms with E-state index in [4.69, 9.17) is 0 Å². The molecule has 0 saturated heterocycles. The summed E-state index contributed by atoms with van der Waals surface area (Å²) in [6, 6.07) is 19.9. The van der Waals surface area contributed by atoms with E-state index < -0.39 is 0 Å². The highest BCUT2D eigenvalue weighted by molar-refractivity contribution is 7.99. The molecular weight excluding hydrogens is 298 g/mol. The van der Waals surface area contributed by atoms with E-state index in [9.17, 15) is 0 Å². The van der Waals surface area contributed by atoms with E-state index in [0.717, 1.165) is 12.2 Å². The van der Waals surface area contributed by atoms with E-state index in [1.807, 2.05) is 11.8 Å². The summed E-state index contributed by atoms with van der Waals surface area (Å²) >= 11 is 1.98. The van der Waals surface area contributed by atoms with Gasteiger partial charge in [-0.2, -0.15) is 0 Å². The summed E-state index contributed by atoms with van der Waals surface area (Å²) in [6.45, 7) is 4.60. The van der Waals surface area contributed by atoms with Crippen molar-refractivity contribution >= 4 is 24.2 Å². The topological polar surface area (TPSA) is 12.0 Å². The smallest absolute Gasteiger partial charge is 0.0592 e. The van der Waals surface area contributed by atoms with Crippen molar-refractivity contribution in [3.63, 3.8) is 0 Å². The third-order valence-corrected chi connectivity index (χ3v) is 5.65. The van der Waals surface area contributed by atoms with Gasteiger partial charge in [-0.15, -0.1) is 24.2 Å². The summed E-state index contributed by atoms with van der Waals surface area (Å²) < 4.78 is 0. The Bertz CT molecular complexity index is 587. The SMILES string of the molecule is CCC1(C)CSc2ccccc2C(c2ccccc2)N1.Cl. The first-order valence-corrected chi connectivity index (χ1v) is 8.25. The number of hydrogen-bond acceptors (Lipinski definition) is 2. The van der Waals surface area contributed by atoms with Gasteiger partial charge in [0.15, 0.2) is 0 Å². The van der Waals surface area contributed by atoms with Gasteiger partial charge in [0.05, 0.1) is 6.04 Å². The fraction of sp³-hybridized carbons (Fsp3) is 0.333. The maximum absolute atomic E-state index is 3.89. The highest BCUT2D eigenvalue weighted by atomic mass is 35.5. The van der Waals surface area contributed by atoms with Crippen LogP contribution in [0.4, 0.5) is 0 Å². The van der Waals surface area contributed by atoms with Crippen molar-refractivity contribution in [1.82, 2.24) is 5.32 Å². The summed E-state index contributed by atoms with van der Waals surface area (Å²) in [5.41, 5.74) is 2.92. The predicted octanol–water partition coefficient (Wildman–Crippen LogP) is 5.06. The molecule has 1 heterocycles. The Morgan fingerprint density at radius 1 is 1.10 bits per heavy atom. The molecule has 2 aromatic rings. The second-order valence-electron chi connectivity index (χ2n) is 5.73. The molecule has 0 amide bonds. The van der Waals surface area contributed by atoms with E-state index in [1.165, 1.54) is 16.0 Å². The normalized spacial score (nSPS) is 24.6. The summed E-state index contributed by atoms with van der Waals surface area (Å²) in [6.07, 6.45) is 1.14. The predicted molar refractivity (Wildman–Crippen MR) is 94.5 cm³/mol. The Hall–Kier alpha value is -0.960. The molecule has 0 saturated carbocycles. The van der Waals surface area contributed by atoms with E-state index in [0.29, 0.717) is 0 Å². The molecule has 2 atom stereocenters. The minimum atomic E-state index is 0. The van der Waals surface area contributed by atoms with Crippen LogP contribution in [0.15, 0.2) is 59.5 Å². The molecule has 0 spiro atoms. The molecule has 112 valence electrons. The fourth-order valence-corrected chi connectivity index (χ4v) is 3.96. The first-order valence-electron chi connectivity index (χ1n) is 7.26. The molecule has 3 heteroatoms. The summed E-state index contributed by atoms with van der Waals surface area (Å²) in [5, 5.41) is 3.89. The number of benzene rings is 2. The van der Waals surface area contributed by atoms with Gasteiger partial charge in [-0.25, -0.2) is 0 Å². The number of fused-ring (bicyclic) bond motifs is 1. The Kier molecular flexibility index (Phi) is 5.37. The van der Waals surface area contributed by atoms with Crippen LogP contribution in [0.5, 0.6) is 0 Å². The number of halogens is 1. The lowest BCUT2D eigenvalue weighted by Gasteiger charge is -2.32.